The topological polar surface area (TPSA) is 112 Å². The van der Waals surface area contributed by atoms with Gasteiger partial charge in [0.25, 0.3) is 17.0 Å². The molecule has 3 heterocycles. The second-order valence-electron chi connectivity index (χ2n) is 7.97. The van der Waals surface area contributed by atoms with Crippen molar-refractivity contribution in [1.29, 1.82) is 0 Å². The molecule has 1 saturated heterocycles. The van der Waals surface area contributed by atoms with E-state index in [1.807, 2.05) is 30.3 Å². The second-order valence-corrected chi connectivity index (χ2v) is 7.97. The molecule has 152 valence electrons. The Morgan fingerprint density at radius 3 is 2.53 bits per heavy atom. The van der Waals surface area contributed by atoms with Gasteiger partial charge in [0.15, 0.2) is 0 Å². The van der Waals surface area contributed by atoms with Crippen molar-refractivity contribution in [3.8, 4) is 11.4 Å². The minimum Gasteiger partial charge on any atom is -0.338 e. The van der Waals surface area contributed by atoms with Crippen molar-refractivity contribution in [2.75, 3.05) is 13.1 Å². The van der Waals surface area contributed by atoms with Crippen LogP contribution in [-0.2, 0) is 11.8 Å². The number of piperidine rings is 1. The Bertz CT molecular complexity index is 1220. The smallest absolute Gasteiger partial charge is 0.263 e. The fourth-order valence-electron chi connectivity index (χ4n) is 4.68. The molecular formula is C22H21N5O3. The van der Waals surface area contributed by atoms with E-state index >= 15 is 0 Å². The van der Waals surface area contributed by atoms with Crippen LogP contribution in [0.3, 0.4) is 0 Å². The molecule has 30 heavy (non-hydrogen) atoms. The number of amides is 1. The molecule has 0 atom stereocenters. The summed E-state index contributed by atoms with van der Waals surface area (Å²) in [6.07, 6.45) is 5.56. The van der Waals surface area contributed by atoms with Crippen molar-refractivity contribution in [3.63, 3.8) is 0 Å². The van der Waals surface area contributed by atoms with Crippen LogP contribution in [0.1, 0.15) is 40.9 Å². The van der Waals surface area contributed by atoms with Crippen LogP contribution in [0.5, 0.6) is 0 Å². The highest BCUT2D eigenvalue weighted by Crippen LogP contribution is 2.44. The van der Waals surface area contributed by atoms with E-state index < -0.39 is 5.56 Å². The van der Waals surface area contributed by atoms with Crippen LogP contribution in [0.2, 0.25) is 0 Å². The van der Waals surface area contributed by atoms with E-state index in [1.165, 1.54) is 12.5 Å². The predicted octanol–water partition coefficient (Wildman–Crippen LogP) is 1.64. The number of benzene rings is 1. The van der Waals surface area contributed by atoms with E-state index in [2.05, 4.69) is 15.0 Å². The first-order chi connectivity index (χ1) is 14.6. The summed E-state index contributed by atoms with van der Waals surface area (Å²) in [7, 11) is 0. The first-order valence-corrected chi connectivity index (χ1v) is 10.1. The van der Waals surface area contributed by atoms with Crippen LogP contribution in [0.25, 0.3) is 11.4 Å². The average Bonchev–Trinajstić information content (AvgIpc) is 3.13. The van der Waals surface area contributed by atoms with Gasteiger partial charge in [-0.1, -0.05) is 30.3 Å². The molecule has 0 unspecified atom stereocenters. The van der Waals surface area contributed by atoms with E-state index in [1.54, 1.807) is 4.90 Å². The summed E-state index contributed by atoms with van der Waals surface area (Å²) >= 11 is 0. The molecule has 8 nitrogen and oxygen atoms in total. The third-order valence-electron chi connectivity index (χ3n) is 6.38. The summed E-state index contributed by atoms with van der Waals surface area (Å²) < 4.78 is 0. The van der Waals surface area contributed by atoms with Gasteiger partial charge in [-0.2, -0.15) is 0 Å². The van der Waals surface area contributed by atoms with E-state index in [0.29, 0.717) is 38.2 Å². The lowest BCUT2D eigenvalue weighted by molar-refractivity contribution is 0.0661. The average molecular weight is 403 g/mol. The Balaban J connectivity index is 1.43. The summed E-state index contributed by atoms with van der Waals surface area (Å²) in [4.78, 5) is 53.2. The van der Waals surface area contributed by atoms with Gasteiger partial charge in [-0.3, -0.25) is 14.4 Å². The van der Waals surface area contributed by atoms with Crippen LogP contribution in [0.4, 0.5) is 0 Å². The molecule has 1 aliphatic heterocycles. The molecule has 1 amide bonds. The fraction of sp³-hybridized carbons (Fsp3) is 0.318. The van der Waals surface area contributed by atoms with Gasteiger partial charge in [0, 0.05) is 35.8 Å². The number of fused-ring (bicyclic) bond motifs is 2. The Morgan fingerprint density at radius 1 is 1.03 bits per heavy atom. The van der Waals surface area contributed by atoms with Gasteiger partial charge in [0.2, 0.25) is 0 Å². The first kappa shape index (κ1) is 18.5. The molecule has 0 saturated carbocycles. The minimum atomic E-state index is -0.429. The van der Waals surface area contributed by atoms with Gasteiger partial charge in [-0.25, -0.2) is 9.97 Å². The molecule has 0 bridgehead atoms. The molecule has 1 fully saturated rings. The quantitative estimate of drug-likeness (QED) is 0.676. The van der Waals surface area contributed by atoms with Crippen LogP contribution in [0.15, 0.2) is 52.4 Å². The number of hydrogen-bond acceptors (Lipinski definition) is 5. The number of aromatic nitrogens is 4. The van der Waals surface area contributed by atoms with Gasteiger partial charge >= 0.3 is 0 Å². The molecule has 2 aromatic heterocycles. The Hall–Kier alpha value is -3.55. The summed E-state index contributed by atoms with van der Waals surface area (Å²) in [6, 6.07) is 9.62. The normalized spacial score (nSPS) is 17.1. The standard InChI is InChI=1S/C22H21N5O3/c28-19-16(12-23-13-24-19)21(30)27-10-8-22(9-11-27)7-6-15-17(22)25-18(26-20(15)29)14-4-2-1-3-5-14/h1-5,12-13H,6-11H2,(H,23,24,28)(H,25,26,29). The Morgan fingerprint density at radius 2 is 1.80 bits per heavy atom. The largest absolute Gasteiger partial charge is 0.338 e. The lowest BCUT2D eigenvalue weighted by atomic mass is 9.76. The van der Waals surface area contributed by atoms with Crippen molar-refractivity contribution >= 4 is 5.91 Å². The summed E-state index contributed by atoms with van der Waals surface area (Å²) in [5.41, 5.74) is 1.86. The molecule has 0 radical (unpaired) electrons. The number of hydrogen-bond donors (Lipinski definition) is 2. The van der Waals surface area contributed by atoms with E-state index in [0.717, 1.165) is 23.2 Å². The molecule has 1 aromatic carbocycles. The maximum Gasteiger partial charge on any atom is 0.263 e. The number of likely N-dealkylation sites (tertiary alicyclic amines) is 1. The molecule has 8 heteroatoms. The maximum atomic E-state index is 12.8. The van der Waals surface area contributed by atoms with Gasteiger partial charge in [0.05, 0.1) is 12.0 Å². The number of carbonyl (C=O) groups is 1. The van der Waals surface area contributed by atoms with Crippen LogP contribution in [-0.4, -0.2) is 43.8 Å². The number of aromatic amines is 2. The highest BCUT2D eigenvalue weighted by atomic mass is 16.2. The number of rotatable bonds is 2. The monoisotopic (exact) mass is 403 g/mol. The summed E-state index contributed by atoms with van der Waals surface area (Å²) in [6.45, 7) is 1.03. The zero-order valence-electron chi connectivity index (χ0n) is 16.4. The highest BCUT2D eigenvalue weighted by molar-refractivity contribution is 5.93. The minimum absolute atomic E-state index is 0.0567. The third-order valence-corrected chi connectivity index (χ3v) is 6.38. The van der Waals surface area contributed by atoms with Gasteiger partial charge in [-0.15, -0.1) is 0 Å². The van der Waals surface area contributed by atoms with Crippen molar-refractivity contribution in [2.45, 2.75) is 31.1 Å². The molecule has 2 N–H and O–H groups in total. The molecule has 1 spiro atoms. The SMILES string of the molecule is O=C(c1cnc[nH]c1=O)N1CCC2(CCc3c2nc(-c2ccccc2)[nH]c3=O)CC1. The van der Waals surface area contributed by atoms with Gasteiger partial charge in [-0.05, 0) is 25.7 Å². The van der Waals surface area contributed by atoms with Gasteiger partial charge < -0.3 is 14.9 Å². The molecular weight excluding hydrogens is 382 g/mol. The van der Waals surface area contributed by atoms with Crippen LogP contribution in [0, 0.1) is 0 Å². The molecule has 5 rings (SSSR count). The first-order valence-electron chi connectivity index (χ1n) is 10.1. The second kappa shape index (κ2) is 7.05. The maximum absolute atomic E-state index is 12.8. The predicted molar refractivity (Wildman–Crippen MR) is 110 cm³/mol. The number of nitrogens with one attached hydrogen (secondary N) is 2. The fourth-order valence-corrected chi connectivity index (χ4v) is 4.68. The lowest BCUT2D eigenvalue weighted by Gasteiger charge is -2.39. The number of H-pyrrole nitrogens is 2. The van der Waals surface area contributed by atoms with Crippen LogP contribution < -0.4 is 11.1 Å². The molecule has 2 aliphatic rings. The summed E-state index contributed by atoms with van der Waals surface area (Å²) in [5, 5.41) is 0. The number of carbonyl (C=O) groups excluding carboxylic acids is 1. The zero-order valence-corrected chi connectivity index (χ0v) is 16.4. The van der Waals surface area contributed by atoms with Crippen molar-refractivity contribution in [2.24, 2.45) is 0 Å². The van der Waals surface area contributed by atoms with E-state index in [4.69, 9.17) is 4.98 Å². The number of nitrogens with zero attached hydrogens (tertiary/aromatic N) is 3. The lowest BCUT2D eigenvalue weighted by Crippen LogP contribution is -2.46. The van der Waals surface area contributed by atoms with E-state index in [9.17, 15) is 14.4 Å². The van der Waals surface area contributed by atoms with Crippen molar-refractivity contribution < 1.29 is 4.79 Å². The zero-order chi connectivity index (χ0) is 20.7. The summed E-state index contributed by atoms with van der Waals surface area (Å²) in [5.74, 6) is 0.280. The third kappa shape index (κ3) is 2.96. The molecule has 3 aromatic rings. The Labute approximate surface area is 172 Å². The Kier molecular flexibility index (Phi) is 4.34. The van der Waals surface area contributed by atoms with Gasteiger partial charge in [0.1, 0.15) is 11.4 Å². The van der Waals surface area contributed by atoms with Crippen molar-refractivity contribution in [3.05, 3.63) is 80.4 Å². The highest BCUT2D eigenvalue weighted by Gasteiger charge is 2.44. The van der Waals surface area contributed by atoms with E-state index in [-0.39, 0.29) is 22.4 Å². The van der Waals surface area contributed by atoms with Crippen LogP contribution >= 0.6 is 0 Å². The van der Waals surface area contributed by atoms with Crippen molar-refractivity contribution in [1.82, 2.24) is 24.8 Å². The molecule has 1 aliphatic carbocycles.